The number of methoxy groups -OCH3 is 1. The lowest BCUT2D eigenvalue weighted by Gasteiger charge is -2.20. The third-order valence-corrected chi connectivity index (χ3v) is 5.07. The van der Waals surface area contributed by atoms with Gasteiger partial charge in [-0.25, -0.2) is 0 Å². The van der Waals surface area contributed by atoms with Crippen LogP contribution in [0.1, 0.15) is 22.9 Å². The van der Waals surface area contributed by atoms with E-state index in [1.54, 1.807) is 7.11 Å². The fraction of sp³-hybridized carbons (Fsp3) is 0.294. The maximum absolute atomic E-state index is 6.09. The fourth-order valence-corrected chi connectivity index (χ4v) is 3.01. The van der Waals surface area contributed by atoms with E-state index >= 15 is 0 Å². The van der Waals surface area contributed by atoms with Gasteiger partial charge in [0.15, 0.2) is 0 Å². The van der Waals surface area contributed by atoms with Crippen LogP contribution in [0.4, 0.5) is 0 Å². The molecular formula is C17H18BrClO. The van der Waals surface area contributed by atoms with Crippen molar-refractivity contribution in [2.45, 2.75) is 18.2 Å². The average Bonchev–Trinajstić information content (AvgIpc) is 2.47. The van der Waals surface area contributed by atoms with Crippen LogP contribution < -0.4 is 4.74 Å². The van der Waals surface area contributed by atoms with Gasteiger partial charge in [-0.3, -0.25) is 0 Å². The van der Waals surface area contributed by atoms with Crippen molar-refractivity contribution >= 4 is 27.5 Å². The lowest BCUT2D eigenvalue weighted by atomic mass is 9.93. The maximum atomic E-state index is 6.09. The molecule has 0 aliphatic rings. The molecule has 0 heterocycles. The topological polar surface area (TPSA) is 9.23 Å². The second kappa shape index (κ2) is 7.14. The zero-order valence-corrected chi connectivity index (χ0v) is 14.0. The van der Waals surface area contributed by atoms with Crippen LogP contribution in [-0.4, -0.2) is 7.11 Å². The molecule has 0 aromatic heterocycles. The van der Waals surface area contributed by atoms with Crippen LogP contribution in [-0.2, 0) is 6.42 Å². The van der Waals surface area contributed by atoms with Crippen molar-refractivity contribution in [3.05, 3.63) is 64.7 Å². The molecule has 2 unspecified atom stereocenters. The standard InChI is InChI=1S/C17H18BrClO/c1-12(17(18)13-6-4-3-5-7-13)10-14-11-15(19)8-9-16(14)20-2/h3-9,11-12,17H,10H2,1-2H3. The predicted molar refractivity (Wildman–Crippen MR) is 89.0 cm³/mol. The lowest BCUT2D eigenvalue weighted by molar-refractivity contribution is 0.405. The summed E-state index contributed by atoms with van der Waals surface area (Å²) in [7, 11) is 1.69. The second-order valence-electron chi connectivity index (χ2n) is 4.95. The van der Waals surface area contributed by atoms with Gasteiger partial charge >= 0.3 is 0 Å². The van der Waals surface area contributed by atoms with Crippen molar-refractivity contribution in [3.8, 4) is 5.75 Å². The molecule has 0 saturated carbocycles. The molecule has 0 radical (unpaired) electrons. The van der Waals surface area contributed by atoms with Gasteiger partial charge in [-0.05, 0) is 41.7 Å². The summed E-state index contributed by atoms with van der Waals surface area (Å²) in [5.74, 6) is 1.33. The summed E-state index contributed by atoms with van der Waals surface area (Å²) in [5, 5.41) is 0.749. The molecule has 106 valence electrons. The van der Waals surface area contributed by atoms with E-state index in [0.29, 0.717) is 10.7 Å². The van der Waals surface area contributed by atoms with Gasteiger partial charge in [0.25, 0.3) is 0 Å². The van der Waals surface area contributed by atoms with Crippen molar-refractivity contribution in [1.82, 2.24) is 0 Å². The van der Waals surface area contributed by atoms with Gasteiger partial charge < -0.3 is 4.74 Å². The van der Waals surface area contributed by atoms with Crippen molar-refractivity contribution in [2.24, 2.45) is 5.92 Å². The molecule has 0 spiro atoms. The zero-order chi connectivity index (χ0) is 14.5. The summed E-state index contributed by atoms with van der Waals surface area (Å²) in [6.07, 6.45) is 0.911. The van der Waals surface area contributed by atoms with E-state index in [1.807, 2.05) is 24.3 Å². The lowest BCUT2D eigenvalue weighted by Crippen LogP contribution is -2.08. The highest BCUT2D eigenvalue weighted by atomic mass is 79.9. The van der Waals surface area contributed by atoms with Gasteiger partial charge in [-0.15, -0.1) is 0 Å². The molecule has 2 aromatic rings. The summed E-state index contributed by atoms with van der Waals surface area (Å²) >= 11 is 9.89. The molecule has 2 atom stereocenters. The van der Waals surface area contributed by atoms with Crippen molar-refractivity contribution in [3.63, 3.8) is 0 Å². The van der Waals surface area contributed by atoms with Gasteiger partial charge in [-0.2, -0.15) is 0 Å². The summed E-state index contributed by atoms with van der Waals surface area (Å²) in [5.41, 5.74) is 2.44. The Morgan fingerprint density at radius 2 is 1.85 bits per heavy atom. The van der Waals surface area contributed by atoms with Crippen LogP contribution in [0.15, 0.2) is 48.5 Å². The minimum atomic E-state index is 0.312. The number of benzene rings is 2. The molecule has 0 bridgehead atoms. The Balaban J connectivity index is 2.15. The molecule has 0 N–H and O–H groups in total. The molecule has 20 heavy (non-hydrogen) atoms. The Labute approximate surface area is 134 Å². The molecule has 2 aromatic carbocycles. The molecule has 0 aliphatic carbocycles. The molecule has 0 saturated heterocycles. The number of hydrogen-bond acceptors (Lipinski definition) is 1. The summed E-state index contributed by atoms with van der Waals surface area (Å²) in [6.45, 7) is 2.23. The molecule has 0 amide bonds. The first-order valence-electron chi connectivity index (χ1n) is 6.63. The van der Waals surface area contributed by atoms with Crippen LogP contribution in [0.2, 0.25) is 5.02 Å². The summed E-state index contributed by atoms with van der Waals surface area (Å²) < 4.78 is 5.41. The first-order valence-corrected chi connectivity index (χ1v) is 7.92. The highest BCUT2D eigenvalue weighted by molar-refractivity contribution is 9.09. The van der Waals surface area contributed by atoms with Gasteiger partial charge in [0.2, 0.25) is 0 Å². The highest BCUT2D eigenvalue weighted by Crippen LogP contribution is 2.35. The van der Waals surface area contributed by atoms with Gasteiger partial charge in [0.1, 0.15) is 5.75 Å². The zero-order valence-electron chi connectivity index (χ0n) is 11.6. The first kappa shape index (κ1) is 15.4. The Morgan fingerprint density at radius 1 is 1.15 bits per heavy atom. The Morgan fingerprint density at radius 3 is 2.50 bits per heavy atom. The van der Waals surface area contributed by atoms with Gasteiger partial charge in [-0.1, -0.05) is 64.8 Å². The van der Waals surface area contributed by atoms with Crippen LogP contribution >= 0.6 is 27.5 Å². The van der Waals surface area contributed by atoms with E-state index in [1.165, 1.54) is 5.56 Å². The van der Waals surface area contributed by atoms with E-state index in [0.717, 1.165) is 22.8 Å². The highest BCUT2D eigenvalue weighted by Gasteiger charge is 2.18. The second-order valence-corrected chi connectivity index (χ2v) is 6.37. The smallest absolute Gasteiger partial charge is 0.122 e. The Hall–Kier alpha value is -0.990. The number of alkyl halides is 1. The Kier molecular flexibility index (Phi) is 5.50. The van der Waals surface area contributed by atoms with Gasteiger partial charge in [0.05, 0.1) is 7.11 Å². The normalized spacial score (nSPS) is 13.8. The number of hydrogen-bond donors (Lipinski definition) is 0. The minimum absolute atomic E-state index is 0.312. The number of halogens is 2. The molecule has 1 nitrogen and oxygen atoms in total. The number of rotatable bonds is 5. The molecule has 3 heteroatoms. The third-order valence-electron chi connectivity index (χ3n) is 3.40. The minimum Gasteiger partial charge on any atom is -0.496 e. The van der Waals surface area contributed by atoms with Crippen LogP contribution in [0.5, 0.6) is 5.75 Å². The van der Waals surface area contributed by atoms with E-state index < -0.39 is 0 Å². The van der Waals surface area contributed by atoms with Crippen molar-refractivity contribution in [2.75, 3.05) is 7.11 Å². The molecule has 0 fully saturated rings. The fourth-order valence-electron chi connectivity index (χ4n) is 2.32. The molecular weight excluding hydrogens is 336 g/mol. The number of ether oxygens (including phenoxy) is 1. The van der Waals surface area contributed by atoms with E-state index in [-0.39, 0.29) is 0 Å². The SMILES string of the molecule is COc1ccc(Cl)cc1CC(C)C(Br)c1ccccc1. The monoisotopic (exact) mass is 352 g/mol. The quantitative estimate of drug-likeness (QED) is 0.630. The largest absolute Gasteiger partial charge is 0.496 e. The first-order chi connectivity index (χ1) is 9.61. The van der Waals surface area contributed by atoms with Crippen LogP contribution in [0.3, 0.4) is 0 Å². The molecule has 2 rings (SSSR count). The van der Waals surface area contributed by atoms with E-state index in [2.05, 4.69) is 47.1 Å². The van der Waals surface area contributed by atoms with Crippen molar-refractivity contribution < 1.29 is 4.74 Å². The van der Waals surface area contributed by atoms with Crippen LogP contribution in [0.25, 0.3) is 0 Å². The Bertz CT molecular complexity index is 556. The van der Waals surface area contributed by atoms with E-state index in [9.17, 15) is 0 Å². The molecule has 0 aliphatic heterocycles. The summed E-state index contributed by atoms with van der Waals surface area (Å²) in [4.78, 5) is 0.312. The van der Waals surface area contributed by atoms with Crippen molar-refractivity contribution in [1.29, 1.82) is 0 Å². The third kappa shape index (κ3) is 3.77. The predicted octanol–water partition coefficient (Wildman–Crippen LogP) is 5.66. The van der Waals surface area contributed by atoms with Crippen LogP contribution in [0, 0.1) is 5.92 Å². The maximum Gasteiger partial charge on any atom is 0.122 e. The van der Waals surface area contributed by atoms with Gasteiger partial charge in [0, 0.05) is 9.85 Å². The summed E-state index contributed by atoms with van der Waals surface area (Å²) in [6, 6.07) is 16.2. The van der Waals surface area contributed by atoms with E-state index in [4.69, 9.17) is 16.3 Å². The average molecular weight is 354 g/mol.